The van der Waals surface area contributed by atoms with Gasteiger partial charge in [-0.15, -0.1) is 16.8 Å². The lowest BCUT2D eigenvalue weighted by molar-refractivity contribution is 0.0518. The number of imidazole rings is 1. The molecule has 0 saturated heterocycles. The number of carbonyl (C=O) groups is 1. The summed E-state index contributed by atoms with van der Waals surface area (Å²) >= 11 is 9.67. The number of esters is 1. The van der Waals surface area contributed by atoms with Gasteiger partial charge in [0.15, 0.2) is 16.1 Å². The molecule has 34 heavy (non-hydrogen) atoms. The van der Waals surface area contributed by atoms with Gasteiger partial charge in [0.2, 0.25) is 0 Å². The monoisotopic (exact) mass is 542 g/mol. The number of allylic oxidation sites excluding steroid dienone is 1. The van der Waals surface area contributed by atoms with E-state index >= 15 is 0 Å². The van der Waals surface area contributed by atoms with Gasteiger partial charge in [-0.1, -0.05) is 29.8 Å². The van der Waals surface area contributed by atoms with Crippen LogP contribution in [0.4, 0.5) is 5.69 Å². The summed E-state index contributed by atoms with van der Waals surface area (Å²) in [4.78, 5) is 17.4. The Morgan fingerprint density at radius 1 is 1.29 bits per heavy atom. The molecule has 4 aromatic rings. The first-order valence-electron chi connectivity index (χ1n) is 10.7. The number of aryl methyl sites for hydroxylation is 2. The summed E-state index contributed by atoms with van der Waals surface area (Å²) < 4.78 is 9.65. The molecule has 0 bridgehead atoms. The summed E-state index contributed by atoms with van der Waals surface area (Å²) in [5.41, 5.74) is 4.34. The van der Waals surface area contributed by atoms with Gasteiger partial charge in [-0.2, -0.15) is 0 Å². The van der Waals surface area contributed by atoms with Crippen LogP contribution in [0.25, 0.3) is 5.65 Å². The van der Waals surface area contributed by atoms with E-state index in [0.717, 1.165) is 28.3 Å². The van der Waals surface area contributed by atoms with Crippen molar-refractivity contribution >= 4 is 44.8 Å². The highest BCUT2D eigenvalue weighted by molar-refractivity contribution is 9.10. The highest BCUT2D eigenvalue weighted by Crippen LogP contribution is 2.33. The number of ether oxygens (including phenoxy) is 1. The van der Waals surface area contributed by atoms with E-state index in [0.29, 0.717) is 22.0 Å². The van der Waals surface area contributed by atoms with Crippen LogP contribution in [-0.4, -0.2) is 36.7 Å². The molecular formula is C24H24BrClN6O2. The number of rotatable bonds is 8. The molecule has 3 aromatic heterocycles. The average Bonchev–Trinajstić information content (AvgIpc) is 3.34. The standard InChI is InChI=1S/C24H24BrClN6O2/c1-5-11-31-21(20(28-24(31)25)23(33)34-6-2)19(16-7-9-17(26)10-8-16)27-18-12-14(3)22-30-29-15(4)32(22)13-18/h5,7-10,12-13,19,27H,1,6,11H2,2-4H3. The Bertz CT molecular complexity index is 1360. The smallest absolute Gasteiger partial charge is 0.358 e. The number of fused-ring (bicyclic) bond motifs is 1. The van der Waals surface area contributed by atoms with Crippen molar-refractivity contribution in [2.24, 2.45) is 0 Å². The molecule has 1 aromatic carbocycles. The molecular weight excluding hydrogens is 520 g/mol. The van der Waals surface area contributed by atoms with Crippen LogP contribution in [-0.2, 0) is 11.3 Å². The Balaban J connectivity index is 1.91. The summed E-state index contributed by atoms with van der Waals surface area (Å²) in [6, 6.07) is 9.02. The second kappa shape index (κ2) is 9.99. The molecule has 1 N–H and O–H groups in total. The fourth-order valence-corrected chi connectivity index (χ4v) is 4.50. The number of carbonyl (C=O) groups excluding carboxylic acids is 1. The topological polar surface area (TPSA) is 86.3 Å². The summed E-state index contributed by atoms with van der Waals surface area (Å²) in [6.45, 7) is 10.2. The summed E-state index contributed by atoms with van der Waals surface area (Å²) in [5, 5.41) is 12.6. The number of hydrogen-bond acceptors (Lipinski definition) is 6. The number of hydrogen-bond donors (Lipinski definition) is 1. The molecule has 0 aliphatic rings. The Hall–Kier alpha value is -3.17. The number of pyridine rings is 1. The molecule has 4 rings (SSSR count). The highest BCUT2D eigenvalue weighted by Gasteiger charge is 2.30. The SMILES string of the molecule is C=CCn1c(Br)nc(C(=O)OCC)c1C(Nc1cc(C)c2nnc(C)n2c1)c1ccc(Cl)cc1. The van der Waals surface area contributed by atoms with Crippen molar-refractivity contribution in [2.45, 2.75) is 33.4 Å². The number of nitrogens with one attached hydrogen (secondary N) is 1. The molecule has 0 amide bonds. The second-order valence-corrected chi connectivity index (χ2v) is 8.86. The maximum absolute atomic E-state index is 12.9. The fourth-order valence-electron chi connectivity index (χ4n) is 3.86. The normalized spacial score (nSPS) is 12.0. The van der Waals surface area contributed by atoms with Crippen molar-refractivity contribution in [2.75, 3.05) is 11.9 Å². The van der Waals surface area contributed by atoms with E-state index in [9.17, 15) is 4.79 Å². The van der Waals surface area contributed by atoms with Crippen LogP contribution in [0.15, 0.2) is 53.9 Å². The average molecular weight is 544 g/mol. The molecule has 0 fully saturated rings. The van der Waals surface area contributed by atoms with Crippen LogP contribution in [0.1, 0.15) is 46.1 Å². The first kappa shape index (κ1) is 24.0. The Labute approximate surface area is 210 Å². The van der Waals surface area contributed by atoms with Crippen LogP contribution in [0.3, 0.4) is 0 Å². The van der Waals surface area contributed by atoms with E-state index in [1.165, 1.54) is 0 Å². The van der Waals surface area contributed by atoms with Crippen LogP contribution in [0.5, 0.6) is 0 Å². The molecule has 10 heteroatoms. The van der Waals surface area contributed by atoms with Crippen molar-refractivity contribution < 1.29 is 9.53 Å². The van der Waals surface area contributed by atoms with Crippen LogP contribution in [0.2, 0.25) is 5.02 Å². The van der Waals surface area contributed by atoms with E-state index in [4.69, 9.17) is 16.3 Å². The lowest BCUT2D eigenvalue weighted by Crippen LogP contribution is -2.21. The van der Waals surface area contributed by atoms with E-state index in [2.05, 4.69) is 43.0 Å². The Kier molecular flexibility index (Phi) is 7.04. The zero-order valence-electron chi connectivity index (χ0n) is 19.0. The zero-order valence-corrected chi connectivity index (χ0v) is 21.4. The van der Waals surface area contributed by atoms with Crippen molar-refractivity contribution in [3.8, 4) is 0 Å². The largest absolute Gasteiger partial charge is 0.461 e. The van der Waals surface area contributed by atoms with Crippen LogP contribution >= 0.6 is 27.5 Å². The van der Waals surface area contributed by atoms with Crippen molar-refractivity contribution in [3.05, 3.63) is 87.3 Å². The Morgan fingerprint density at radius 3 is 2.71 bits per heavy atom. The van der Waals surface area contributed by atoms with E-state index in [1.54, 1.807) is 13.0 Å². The molecule has 0 saturated carbocycles. The Morgan fingerprint density at radius 2 is 2.03 bits per heavy atom. The van der Waals surface area contributed by atoms with E-state index < -0.39 is 12.0 Å². The molecule has 8 nitrogen and oxygen atoms in total. The molecule has 176 valence electrons. The number of halogens is 2. The predicted molar refractivity (Wildman–Crippen MR) is 135 cm³/mol. The molecule has 1 unspecified atom stereocenters. The van der Waals surface area contributed by atoms with E-state index in [-0.39, 0.29) is 12.3 Å². The van der Waals surface area contributed by atoms with Gasteiger partial charge in [0.1, 0.15) is 5.82 Å². The first-order chi connectivity index (χ1) is 16.3. The van der Waals surface area contributed by atoms with Gasteiger partial charge >= 0.3 is 5.97 Å². The quantitative estimate of drug-likeness (QED) is 0.233. The molecule has 0 aliphatic carbocycles. The minimum absolute atomic E-state index is 0.223. The summed E-state index contributed by atoms with van der Waals surface area (Å²) in [6.07, 6.45) is 3.69. The van der Waals surface area contributed by atoms with Gasteiger partial charge in [0.05, 0.1) is 24.0 Å². The molecule has 0 spiro atoms. The first-order valence-corrected chi connectivity index (χ1v) is 11.9. The lowest BCUT2D eigenvalue weighted by Gasteiger charge is -2.23. The molecule has 0 aliphatic heterocycles. The van der Waals surface area contributed by atoms with Crippen molar-refractivity contribution in [1.82, 2.24) is 24.1 Å². The third kappa shape index (κ3) is 4.58. The molecule has 3 heterocycles. The fraction of sp³-hybridized carbons (Fsp3) is 0.250. The minimum Gasteiger partial charge on any atom is -0.461 e. The van der Waals surface area contributed by atoms with Crippen LogP contribution in [0, 0.1) is 13.8 Å². The van der Waals surface area contributed by atoms with Crippen molar-refractivity contribution in [3.63, 3.8) is 0 Å². The third-order valence-corrected chi connectivity index (χ3v) is 6.24. The summed E-state index contributed by atoms with van der Waals surface area (Å²) in [7, 11) is 0. The maximum atomic E-state index is 12.9. The third-order valence-electron chi connectivity index (χ3n) is 5.39. The van der Waals surface area contributed by atoms with Gasteiger partial charge in [0, 0.05) is 17.8 Å². The minimum atomic E-state index is -0.497. The van der Waals surface area contributed by atoms with Gasteiger partial charge in [-0.3, -0.25) is 4.40 Å². The van der Waals surface area contributed by atoms with E-state index in [1.807, 2.05) is 59.3 Å². The zero-order chi connectivity index (χ0) is 24.4. The number of aromatic nitrogens is 5. The number of benzene rings is 1. The lowest BCUT2D eigenvalue weighted by atomic mass is 10.0. The van der Waals surface area contributed by atoms with Gasteiger partial charge < -0.3 is 14.6 Å². The predicted octanol–water partition coefficient (Wildman–Crippen LogP) is 5.52. The summed E-state index contributed by atoms with van der Waals surface area (Å²) in [5.74, 6) is 0.277. The number of anilines is 1. The second-order valence-electron chi connectivity index (χ2n) is 7.72. The highest BCUT2D eigenvalue weighted by atomic mass is 79.9. The van der Waals surface area contributed by atoms with Crippen molar-refractivity contribution in [1.29, 1.82) is 0 Å². The molecule has 0 radical (unpaired) electrons. The maximum Gasteiger partial charge on any atom is 0.358 e. The molecule has 1 atom stereocenters. The van der Waals surface area contributed by atoms with Crippen LogP contribution < -0.4 is 5.32 Å². The van der Waals surface area contributed by atoms with Gasteiger partial charge in [0.25, 0.3) is 0 Å². The number of nitrogens with zero attached hydrogens (tertiary/aromatic N) is 5. The van der Waals surface area contributed by atoms with Gasteiger partial charge in [-0.05, 0) is 66.0 Å². The van der Waals surface area contributed by atoms with Gasteiger partial charge in [-0.25, -0.2) is 9.78 Å².